The van der Waals surface area contributed by atoms with Gasteiger partial charge in [-0.15, -0.1) is 0 Å². The first-order valence-electron chi connectivity index (χ1n) is 6.89. The summed E-state index contributed by atoms with van der Waals surface area (Å²) in [6, 6.07) is 8.04. The zero-order valence-electron chi connectivity index (χ0n) is 11.8. The van der Waals surface area contributed by atoms with E-state index in [1.807, 2.05) is 26.0 Å². The van der Waals surface area contributed by atoms with Gasteiger partial charge in [0, 0.05) is 31.0 Å². The van der Waals surface area contributed by atoms with Crippen molar-refractivity contribution in [3.8, 4) is 0 Å². The van der Waals surface area contributed by atoms with Crippen LogP contribution in [0.25, 0.3) is 0 Å². The molecule has 19 heavy (non-hydrogen) atoms. The Morgan fingerprint density at radius 3 is 2.37 bits per heavy atom. The van der Waals surface area contributed by atoms with Crippen molar-refractivity contribution in [2.45, 2.75) is 26.7 Å². The number of carbonyl (C=O) groups excluding carboxylic acids is 1. The van der Waals surface area contributed by atoms with Crippen LogP contribution in [-0.2, 0) is 4.79 Å². The van der Waals surface area contributed by atoms with E-state index in [9.17, 15) is 4.79 Å². The predicted octanol–water partition coefficient (Wildman–Crippen LogP) is 2.21. The van der Waals surface area contributed by atoms with Crippen LogP contribution in [-0.4, -0.2) is 25.5 Å². The van der Waals surface area contributed by atoms with Gasteiger partial charge in [-0.05, 0) is 51.0 Å². The smallest absolute Gasteiger partial charge is 0.231 e. The number of nitrogens with two attached hydrogens (primary N) is 1. The molecule has 1 saturated heterocycles. The molecule has 1 aromatic carbocycles. The molecule has 0 aliphatic carbocycles. The first-order valence-corrected chi connectivity index (χ1v) is 6.89. The summed E-state index contributed by atoms with van der Waals surface area (Å²) >= 11 is 0. The average molecular weight is 261 g/mol. The molecule has 1 amide bonds. The highest BCUT2D eigenvalue weighted by atomic mass is 16.2. The molecule has 1 heterocycles. The molecule has 4 nitrogen and oxygen atoms in total. The highest BCUT2D eigenvalue weighted by Crippen LogP contribution is 2.23. The standard InChI is InChI=1S/C15H23N3O/c1-15(2,11-16)14(19)17-12-5-7-13(8-6-12)18-9-3-4-10-18/h5-8H,3-4,9-11,16H2,1-2H3,(H,17,19). The number of rotatable bonds is 4. The van der Waals surface area contributed by atoms with Gasteiger partial charge in [0.15, 0.2) is 0 Å². The fourth-order valence-electron chi connectivity index (χ4n) is 2.12. The van der Waals surface area contributed by atoms with E-state index in [0.29, 0.717) is 6.54 Å². The number of carbonyl (C=O) groups is 1. The lowest BCUT2D eigenvalue weighted by Crippen LogP contribution is -2.37. The Labute approximate surface area is 115 Å². The van der Waals surface area contributed by atoms with Crippen molar-refractivity contribution >= 4 is 17.3 Å². The van der Waals surface area contributed by atoms with Crippen molar-refractivity contribution < 1.29 is 4.79 Å². The predicted molar refractivity (Wildman–Crippen MR) is 79.4 cm³/mol. The van der Waals surface area contributed by atoms with Crippen LogP contribution in [0, 0.1) is 5.41 Å². The number of hydrogen-bond acceptors (Lipinski definition) is 3. The molecule has 1 aliphatic heterocycles. The molecule has 3 N–H and O–H groups in total. The summed E-state index contributed by atoms with van der Waals surface area (Å²) in [6.45, 7) is 6.30. The maximum atomic E-state index is 12.0. The molecule has 1 aromatic rings. The van der Waals surface area contributed by atoms with Crippen LogP contribution in [0.4, 0.5) is 11.4 Å². The van der Waals surface area contributed by atoms with Gasteiger partial charge in [-0.2, -0.15) is 0 Å². The number of hydrogen-bond donors (Lipinski definition) is 2. The third kappa shape index (κ3) is 3.26. The van der Waals surface area contributed by atoms with Crippen LogP contribution in [0.2, 0.25) is 0 Å². The van der Waals surface area contributed by atoms with E-state index in [-0.39, 0.29) is 5.91 Å². The molecule has 2 rings (SSSR count). The van der Waals surface area contributed by atoms with Gasteiger partial charge in [-0.25, -0.2) is 0 Å². The zero-order chi connectivity index (χ0) is 13.9. The normalized spacial score (nSPS) is 15.6. The molecule has 1 fully saturated rings. The number of nitrogens with one attached hydrogen (secondary N) is 1. The molecule has 0 atom stereocenters. The van der Waals surface area contributed by atoms with Crippen molar-refractivity contribution in [2.24, 2.45) is 11.1 Å². The third-order valence-corrected chi connectivity index (χ3v) is 3.72. The van der Waals surface area contributed by atoms with E-state index in [1.54, 1.807) is 0 Å². The van der Waals surface area contributed by atoms with Gasteiger partial charge in [-0.3, -0.25) is 4.79 Å². The van der Waals surface area contributed by atoms with Crippen LogP contribution in [0.1, 0.15) is 26.7 Å². The largest absolute Gasteiger partial charge is 0.372 e. The first-order chi connectivity index (χ1) is 9.03. The molecule has 0 aromatic heterocycles. The number of benzene rings is 1. The number of anilines is 2. The zero-order valence-corrected chi connectivity index (χ0v) is 11.8. The van der Waals surface area contributed by atoms with E-state index >= 15 is 0 Å². The van der Waals surface area contributed by atoms with Crippen LogP contribution in [0.5, 0.6) is 0 Å². The summed E-state index contributed by atoms with van der Waals surface area (Å²) in [6.07, 6.45) is 2.53. The van der Waals surface area contributed by atoms with E-state index in [0.717, 1.165) is 18.8 Å². The number of amides is 1. The average Bonchev–Trinajstić information content (AvgIpc) is 2.93. The van der Waals surface area contributed by atoms with E-state index < -0.39 is 5.41 Å². The van der Waals surface area contributed by atoms with Crippen molar-refractivity contribution in [1.29, 1.82) is 0 Å². The quantitative estimate of drug-likeness (QED) is 0.873. The molecular weight excluding hydrogens is 238 g/mol. The van der Waals surface area contributed by atoms with Crippen LogP contribution in [0.3, 0.4) is 0 Å². The van der Waals surface area contributed by atoms with E-state index in [1.165, 1.54) is 18.5 Å². The molecule has 1 aliphatic rings. The van der Waals surface area contributed by atoms with Gasteiger partial charge in [0.2, 0.25) is 5.91 Å². The first kappa shape index (κ1) is 13.9. The molecular formula is C15H23N3O. The topological polar surface area (TPSA) is 58.4 Å². The fraction of sp³-hybridized carbons (Fsp3) is 0.533. The molecule has 0 unspecified atom stereocenters. The second-order valence-corrected chi connectivity index (χ2v) is 5.78. The van der Waals surface area contributed by atoms with Gasteiger partial charge in [-0.1, -0.05) is 0 Å². The minimum absolute atomic E-state index is 0.0380. The van der Waals surface area contributed by atoms with Gasteiger partial charge < -0.3 is 16.0 Å². The molecule has 4 heteroatoms. The van der Waals surface area contributed by atoms with E-state index in [4.69, 9.17) is 5.73 Å². The Balaban J connectivity index is 2.00. The second-order valence-electron chi connectivity index (χ2n) is 5.78. The summed E-state index contributed by atoms with van der Waals surface area (Å²) < 4.78 is 0. The van der Waals surface area contributed by atoms with Gasteiger partial charge in [0.05, 0.1) is 5.41 Å². The van der Waals surface area contributed by atoms with Gasteiger partial charge >= 0.3 is 0 Å². The Kier molecular flexibility index (Phi) is 4.10. The summed E-state index contributed by atoms with van der Waals surface area (Å²) in [5.41, 5.74) is 7.12. The molecule has 0 radical (unpaired) electrons. The van der Waals surface area contributed by atoms with Crippen molar-refractivity contribution in [2.75, 3.05) is 29.9 Å². The fourth-order valence-corrected chi connectivity index (χ4v) is 2.12. The Morgan fingerprint density at radius 1 is 1.26 bits per heavy atom. The lowest BCUT2D eigenvalue weighted by Gasteiger charge is -2.22. The molecule has 0 saturated carbocycles. The maximum Gasteiger partial charge on any atom is 0.231 e. The van der Waals surface area contributed by atoms with Crippen LogP contribution >= 0.6 is 0 Å². The monoisotopic (exact) mass is 261 g/mol. The lowest BCUT2D eigenvalue weighted by atomic mass is 9.92. The van der Waals surface area contributed by atoms with Crippen molar-refractivity contribution in [3.05, 3.63) is 24.3 Å². The Bertz CT molecular complexity index is 433. The number of nitrogens with zero attached hydrogens (tertiary/aromatic N) is 1. The van der Waals surface area contributed by atoms with Crippen LogP contribution in [0.15, 0.2) is 24.3 Å². The Morgan fingerprint density at radius 2 is 1.84 bits per heavy atom. The molecule has 0 spiro atoms. The molecule has 104 valence electrons. The highest BCUT2D eigenvalue weighted by Gasteiger charge is 2.25. The second kappa shape index (κ2) is 5.61. The van der Waals surface area contributed by atoms with Crippen LogP contribution < -0.4 is 16.0 Å². The summed E-state index contributed by atoms with van der Waals surface area (Å²) in [4.78, 5) is 14.4. The SMILES string of the molecule is CC(C)(CN)C(=O)Nc1ccc(N2CCCC2)cc1. The summed E-state index contributed by atoms with van der Waals surface area (Å²) in [5, 5.41) is 2.91. The Hall–Kier alpha value is -1.55. The van der Waals surface area contributed by atoms with Crippen molar-refractivity contribution in [1.82, 2.24) is 0 Å². The van der Waals surface area contributed by atoms with Gasteiger partial charge in [0.1, 0.15) is 0 Å². The molecule has 0 bridgehead atoms. The lowest BCUT2D eigenvalue weighted by molar-refractivity contribution is -0.123. The minimum atomic E-state index is -0.534. The van der Waals surface area contributed by atoms with Gasteiger partial charge in [0.25, 0.3) is 0 Å². The van der Waals surface area contributed by atoms with E-state index in [2.05, 4.69) is 22.3 Å². The van der Waals surface area contributed by atoms with Crippen molar-refractivity contribution in [3.63, 3.8) is 0 Å². The summed E-state index contributed by atoms with van der Waals surface area (Å²) in [7, 11) is 0. The highest BCUT2D eigenvalue weighted by molar-refractivity contribution is 5.95. The minimum Gasteiger partial charge on any atom is -0.372 e. The summed E-state index contributed by atoms with van der Waals surface area (Å²) in [5.74, 6) is -0.0380. The maximum absolute atomic E-state index is 12.0. The third-order valence-electron chi connectivity index (χ3n) is 3.72.